The largest absolute Gasteiger partial charge is 0.493 e. The van der Waals surface area contributed by atoms with E-state index in [9.17, 15) is 14.4 Å². The van der Waals surface area contributed by atoms with Gasteiger partial charge in [0.05, 0.1) is 38.3 Å². The minimum Gasteiger partial charge on any atom is -0.493 e. The van der Waals surface area contributed by atoms with Crippen molar-refractivity contribution >= 4 is 35.2 Å². The molecule has 0 aliphatic carbocycles. The number of carbonyl (C=O) groups excluding carboxylic acids is 3. The summed E-state index contributed by atoms with van der Waals surface area (Å²) in [5.74, 6) is 0.536. The molecule has 3 aromatic rings. The van der Waals surface area contributed by atoms with Gasteiger partial charge in [-0.3, -0.25) is 19.5 Å². The Bertz CT molecular complexity index is 1470. The highest BCUT2D eigenvalue weighted by molar-refractivity contribution is 6.10. The lowest BCUT2D eigenvalue weighted by molar-refractivity contribution is 0.0240. The number of benzene rings is 1. The average Bonchev–Trinajstić information content (AvgIpc) is 3.56. The zero-order valence-electron chi connectivity index (χ0n) is 23.7. The van der Waals surface area contributed by atoms with Crippen LogP contribution in [0.3, 0.4) is 0 Å². The zero-order valence-corrected chi connectivity index (χ0v) is 23.7. The molecule has 0 radical (unpaired) electrons. The van der Waals surface area contributed by atoms with Crippen LogP contribution >= 0.6 is 0 Å². The molecule has 1 aromatic carbocycles. The summed E-state index contributed by atoms with van der Waals surface area (Å²) in [4.78, 5) is 48.1. The van der Waals surface area contributed by atoms with Gasteiger partial charge in [0.15, 0.2) is 17.3 Å². The monoisotopic (exact) mass is 563 g/mol. The molecule has 0 bridgehead atoms. The summed E-state index contributed by atoms with van der Waals surface area (Å²) < 4.78 is 22.0. The van der Waals surface area contributed by atoms with E-state index in [1.165, 1.54) is 25.2 Å². The van der Waals surface area contributed by atoms with Crippen molar-refractivity contribution in [3.05, 3.63) is 59.6 Å². The molecule has 0 atom stereocenters. The molecule has 1 fully saturated rings. The number of aromatic nitrogens is 1. The average molecular weight is 564 g/mol. The smallest absolute Gasteiger partial charge is 0.410 e. The number of hydrogen-bond donors (Lipinski definition) is 1. The summed E-state index contributed by atoms with van der Waals surface area (Å²) in [5, 5.41) is 2.87. The SMILES string of the molecule is COc1cc2c(cc1OC)C(=O)N(c1ccc(C(=O)Nc3cnccc3N3CCN(C(=O)OC(C)(C)C)CC3)o1)C2. The lowest BCUT2D eigenvalue weighted by atomic mass is 10.1. The first-order valence-electron chi connectivity index (χ1n) is 13.2. The highest BCUT2D eigenvalue weighted by Gasteiger charge is 2.33. The van der Waals surface area contributed by atoms with Crippen molar-refractivity contribution in [1.29, 1.82) is 0 Å². The Kier molecular flexibility index (Phi) is 7.48. The second-order valence-corrected chi connectivity index (χ2v) is 10.7. The number of nitrogens with one attached hydrogen (secondary N) is 1. The summed E-state index contributed by atoms with van der Waals surface area (Å²) >= 11 is 0. The van der Waals surface area contributed by atoms with Gasteiger partial charge in [-0.05, 0) is 50.6 Å². The third-order valence-electron chi connectivity index (χ3n) is 6.81. The Morgan fingerprint density at radius 1 is 1.00 bits per heavy atom. The van der Waals surface area contributed by atoms with Crippen LogP contribution in [0, 0.1) is 0 Å². The number of carbonyl (C=O) groups is 3. The number of methoxy groups -OCH3 is 2. The van der Waals surface area contributed by atoms with Crippen LogP contribution in [0.15, 0.2) is 47.1 Å². The first kappa shape index (κ1) is 27.8. The number of pyridine rings is 1. The fraction of sp³-hybridized carbons (Fsp3) is 0.379. The van der Waals surface area contributed by atoms with Crippen molar-refractivity contribution in [2.75, 3.05) is 55.5 Å². The van der Waals surface area contributed by atoms with Crippen LogP contribution < -0.4 is 24.6 Å². The fourth-order valence-electron chi connectivity index (χ4n) is 4.81. The van der Waals surface area contributed by atoms with Gasteiger partial charge in [0, 0.05) is 44.0 Å². The quantitative estimate of drug-likeness (QED) is 0.470. The van der Waals surface area contributed by atoms with Crippen molar-refractivity contribution in [3.8, 4) is 11.5 Å². The van der Waals surface area contributed by atoms with Crippen molar-refractivity contribution in [3.63, 3.8) is 0 Å². The Morgan fingerprint density at radius 2 is 1.71 bits per heavy atom. The molecule has 0 saturated carbocycles. The van der Waals surface area contributed by atoms with E-state index >= 15 is 0 Å². The summed E-state index contributed by atoms with van der Waals surface area (Å²) in [5.41, 5.74) is 1.97. The number of rotatable bonds is 6. The van der Waals surface area contributed by atoms with E-state index in [2.05, 4.69) is 15.2 Å². The van der Waals surface area contributed by atoms with E-state index < -0.39 is 11.5 Å². The number of hydrogen-bond acceptors (Lipinski definition) is 9. The van der Waals surface area contributed by atoms with Gasteiger partial charge in [-0.25, -0.2) is 4.79 Å². The zero-order chi connectivity index (χ0) is 29.3. The molecule has 0 spiro atoms. The molecule has 4 heterocycles. The topological polar surface area (TPSA) is 127 Å². The molecule has 12 nitrogen and oxygen atoms in total. The maximum absolute atomic E-state index is 13.2. The lowest BCUT2D eigenvalue weighted by Gasteiger charge is -2.37. The second-order valence-electron chi connectivity index (χ2n) is 10.7. The summed E-state index contributed by atoms with van der Waals surface area (Å²) in [6.07, 6.45) is 2.88. The van der Waals surface area contributed by atoms with Crippen molar-refractivity contribution in [1.82, 2.24) is 9.88 Å². The van der Waals surface area contributed by atoms with Crippen LogP contribution in [0.1, 0.15) is 47.2 Å². The minimum atomic E-state index is -0.560. The van der Waals surface area contributed by atoms with Crippen LogP contribution in [0.4, 0.5) is 22.1 Å². The molecular weight excluding hydrogens is 530 g/mol. The predicted molar refractivity (Wildman–Crippen MR) is 151 cm³/mol. The number of furan rings is 1. The van der Waals surface area contributed by atoms with Gasteiger partial charge in [0.25, 0.3) is 11.8 Å². The lowest BCUT2D eigenvalue weighted by Crippen LogP contribution is -2.50. The number of ether oxygens (including phenoxy) is 3. The Morgan fingerprint density at radius 3 is 2.39 bits per heavy atom. The molecule has 1 saturated heterocycles. The molecule has 2 aromatic heterocycles. The van der Waals surface area contributed by atoms with Crippen LogP contribution in [-0.4, -0.2) is 73.8 Å². The van der Waals surface area contributed by atoms with Crippen molar-refractivity contribution in [2.24, 2.45) is 0 Å². The van der Waals surface area contributed by atoms with Gasteiger partial charge in [0.1, 0.15) is 5.60 Å². The predicted octanol–water partition coefficient (Wildman–Crippen LogP) is 4.16. The summed E-state index contributed by atoms with van der Waals surface area (Å²) in [7, 11) is 3.05. The highest BCUT2D eigenvalue weighted by atomic mass is 16.6. The molecule has 1 N–H and O–H groups in total. The number of anilines is 3. The van der Waals surface area contributed by atoms with Gasteiger partial charge < -0.3 is 33.7 Å². The van der Waals surface area contributed by atoms with Crippen LogP contribution in [0.5, 0.6) is 11.5 Å². The van der Waals surface area contributed by atoms with Gasteiger partial charge in [-0.2, -0.15) is 0 Å². The van der Waals surface area contributed by atoms with E-state index in [-0.39, 0.29) is 30.2 Å². The van der Waals surface area contributed by atoms with Crippen molar-refractivity contribution < 1.29 is 33.0 Å². The van der Waals surface area contributed by atoms with Gasteiger partial charge in [-0.1, -0.05) is 0 Å². The Balaban J connectivity index is 1.25. The van der Waals surface area contributed by atoms with E-state index in [1.807, 2.05) is 26.8 Å². The van der Waals surface area contributed by atoms with Crippen LogP contribution in [0.25, 0.3) is 0 Å². The normalized spacial score (nSPS) is 15.0. The van der Waals surface area contributed by atoms with E-state index in [0.717, 1.165) is 11.3 Å². The minimum absolute atomic E-state index is 0.0449. The third kappa shape index (κ3) is 5.76. The molecule has 216 valence electrons. The number of fused-ring (bicyclic) bond motifs is 1. The fourth-order valence-corrected chi connectivity index (χ4v) is 4.81. The summed E-state index contributed by atoms with van der Waals surface area (Å²) in [6, 6.07) is 8.34. The van der Waals surface area contributed by atoms with E-state index in [1.54, 1.807) is 35.5 Å². The number of nitrogens with zero attached hydrogens (tertiary/aromatic N) is 4. The summed E-state index contributed by atoms with van der Waals surface area (Å²) in [6.45, 7) is 7.87. The molecule has 2 aliphatic heterocycles. The molecule has 2 aliphatic rings. The first-order valence-corrected chi connectivity index (χ1v) is 13.2. The van der Waals surface area contributed by atoms with E-state index in [0.29, 0.717) is 48.9 Å². The molecule has 0 unspecified atom stereocenters. The van der Waals surface area contributed by atoms with Gasteiger partial charge in [-0.15, -0.1) is 0 Å². The number of amides is 3. The Hall–Kier alpha value is -4.74. The Labute approximate surface area is 237 Å². The molecule has 12 heteroatoms. The van der Waals surface area contributed by atoms with Crippen molar-refractivity contribution in [2.45, 2.75) is 32.9 Å². The molecule has 5 rings (SSSR count). The van der Waals surface area contributed by atoms with Crippen LogP contribution in [-0.2, 0) is 11.3 Å². The maximum Gasteiger partial charge on any atom is 0.410 e. The van der Waals surface area contributed by atoms with Gasteiger partial charge >= 0.3 is 6.09 Å². The third-order valence-corrected chi connectivity index (χ3v) is 6.81. The number of piperazine rings is 1. The standard InChI is InChI=1S/C29H33N5O7/c1-29(2,3)41-28(37)33-12-10-32(11-13-33)21-8-9-30-16-20(21)31-26(35)22-6-7-25(40-22)34-17-18-14-23(38-4)24(39-5)15-19(18)27(34)36/h6-9,14-16H,10-13,17H2,1-5H3,(H,31,35). The maximum atomic E-state index is 13.2. The highest BCUT2D eigenvalue weighted by Crippen LogP contribution is 2.37. The molecular formula is C29H33N5O7. The van der Waals surface area contributed by atoms with Crippen LogP contribution in [0.2, 0.25) is 0 Å². The molecule has 3 amide bonds. The van der Waals surface area contributed by atoms with Gasteiger partial charge in [0.2, 0.25) is 5.88 Å². The molecule has 41 heavy (non-hydrogen) atoms. The second kappa shape index (κ2) is 11.0. The first-order chi connectivity index (χ1) is 19.6. The van der Waals surface area contributed by atoms with E-state index in [4.69, 9.17) is 18.6 Å².